The zero-order valence-electron chi connectivity index (χ0n) is 39.5. The molecule has 2 N–H and O–H groups in total. The van der Waals surface area contributed by atoms with E-state index in [0.717, 1.165) is 32.3 Å². The van der Waals surface area contributed by atoms with Gasteiger partial charge in [-0.05, 0) is 63.6 Å². The van der Waals surface area contributed by atoms with Crippen LogP contribution in [0.2, 0.25) is 0 Å². The van der Waals surface area contributed by atoms with Crippen molar-refractivity contribution in [2.75, 3.05) is 79.1 Å². The number of rotatable bonds is 43. The first-order chi connectivity index (χ1) is 31.5. The van der Waals surface area contributed by atoms with Gasteiger partial charge in [0.15, 0.2) is 0 Å². The average Bonchev–Trinajstić information content (AvgIpc) is 3.28. The maximum Gasteiger partial charge on any atom is 0.317 e. The quantitative estimate of drug-likeness (QED) is 0.0328. The van der Waals surface area contributed by atoms with Crippen molar-refractivity contribution in [3.05, 3.63) is 60.2 Å². The number of aryl methyl sites for hydroxylation is 1. The summed E-state index contributed by atoms with van der Waals surface area (Å²) in [6.45, 7) is 6.01. The van der Waals surface area contributed by atoms with Crippen LogP contribution < -0.4 is 0 Å². The summed E-state index contributed by atoms with van der Waals surface area (Å²) in [6.07, 6.45) is 28.2. The number of unbranched alkanes of at least 4 members (excludes halogenated alkanes) is 19. The molecule has 0 amide bonds. The lowest BCUT2D eigenvalue weighted by Crippen LogP contribution is -2.37. The van der Waals surface area contributed by atoms with Gasteiger partial charge in [-0.15, -0.1) is 0 Å². The summed E-state index contributed by atoms with van der Waals surface area (Å²) in [7, 11) is 0. The topological polar surface area (TPSA) is 124 Å². The van der Waals surface area contributed by atoms with Crippen LogP contribution in [0.25, 0.3) is 32.3 Å². The zero-order chi connectivity index (χ0) is 45.3. The molecule has 0 bridgehead atoms. The van der Waals surface area contributed by atoms with Crippen LogP contribution in [-0.4, -0.2) is 112 Å². The lowest BCUT2D eigenvalue weighted by atomic mass is 9.90. The number of aliphatic carboxylic acids is 2. The first kappa shape index (κ1) is 53.2. The van der Waals surface area contributed by atoms with Crippen molar-refractivity contribution >= 4 is 44.3 Å². The summed E-state index contributed by atoms with van der Waals surface area (Å²) < 4.78 is 29.5. The summed E-state index contributed by atoms with van der Waals surface area (Å²) in [5, 5.41) is 26.2. The Morgan fingerprint density at radius 1 is 0.484 bits per heavy atom. The molecule has 0 radical (unpaired) electrons. The van der Waals surface area contributed by atoms with E-state index in [0.29, 0.717) is 46.2 Å². The van der Waals surface area contributed by atoms with Crippen LogP contribution in [0.3, 0.4) is 0 Å². The number of ether oxygens (including phenoxy) is 5. The molecule has 0 saturated heterocycles. The van der Waals surface area contributed by atoms with Crippen molar-refractivity contribution in [3.8, 4) is 0 Å². The Hall–Kier alpha value is -3.38. The molecule has 10 nitrogen and oxygen atoms in total. The third kappa shape index (κ3) is 22.2. The smallest absolute Gasteiger partial charge is 0.317 e. The van der Waals surface area contributed by atoms with Crippen LogP contribution in [0.15, 0.2) is 54.6 Å². The highest BCUT2D eigenvalue weighted by Crippen LogP contribution is 2.36. The molecule has 0 saturated carbocycles. The van der Waals surface area contributed by atoms with E-state index in [1.807, 2.05) is 0 Å². The fourth-order valence-corrected chi connectivity index (χ4v) is 8.77. The largest absolute Gasteiger partial charge is 0.480 e. The maximum atomic E-state index is 11.0. The van der Waals surface area contributed by atoms with E-state index >= 15 is 0 Å². The Morgan fingerprint density at radius 3 is 1.52 bits per heavy atom. The molecule has 0 spiro atoms. The summed E-state index contributed by atoms with van der Waals surface area (Å²) >= 11 is 0. The fourth-order valence-electron chi connectivity index (χ4n) is 8.77. The van der Waals surface area contributed by atoms with E-state index in [1.165, 1.54) is 158 Å². The molecule has 10 heteroatoms. The molecule has 1 atom stereocenters. The van der Waals surface area contributed by atoms with E-state index in [2.05, 4.69) is 61.5 Å². The number of nitrogens with zero attached hydrogens (tertiary/aromatic N) is 1. The highest BCUT2D eigenvalue weighted by molar-refractivity contribution is 6.23. The van der Waals surface area contributed by atoms with E-state index in [1.54, 1.807) is 0 Å². The average molecular weight is 890 g/mol. The van der Waals surface area contributed by atoms with Crippen molar-refractivity contribution < 1.29 is 43.5 Å². The first-order valence-electron chi connectivity index (χ1n) is 25.2. The molecule has 4 aromatic carbocycles. The Morgan fingerprint density at radius 2 is 0.938 bits per heavy atom. The van der Waals surface area contributed by atoms with Crippen molar-refractivity contribution in [2.24, 2.45) is 0 Å². The van der Waals surface area contributed by atoms with Gasteiger partial charge in [0, 0.05) is 19.8 Å². The predicted octanol–water partition coefficient (Wildman–Crippen LogP) is 12.3. The van der Waals surface area contributed by atoms with E-state index in [4.69, 9.17) is 33.9 Å². The predicted molar refractivity (Wildman–Crippen MR) is 261 cm³/mol. The van der Waals surface area contributed by atoms with Crippen LogP contribution in [0.4, 0.5) is 0 Å². The van der Waals surface area contributed by atoms with Crippen LogP contribution >= 0.6 is 0 Å². The molecule has 0 aliphatic rings. The van der Waals surface area contributed by atoms with Gasteiger partial charge in [-0.25, -0.2) is 0 Å². The second-order valence-electron chi connectivity index (χ2n) is 17.8. The van der Waals surface area contributed by atoms with Crippen LogP contribution in [0, 0.1) is 0 Å². The molecular formula is C54H83NO9. The normalized spacial score (nSPS) is 12.4. The third-order valence-electron chi connectivity index (χ3n) is 12.3. The highest BCUT2D eigenvalue weighted by atomic mass is 16.6. The zero-order valence-corrected chi connectivity index (χ0v) is 39.5. The highest BCUT2D eigenvalue weighted by Gasteiger charge is 2.14. The second-order valence-corrected chi connectivity index (χ2v) is 17.8. The molecule has 0 heterocycles. The van der Waals surface area contributed by atoms with Gasteiger partial charge in [0.2, 0.25) is 0 Å². The van der Waals surface area contributed by atoms with E-state index in [9.17, 15) is 9.59 Å². The van der Waals surface area contributed by atoms with Gasteiger partial charge in [0.25, 0.3) is 0 Å². The van der Waals surface area contributed by atoms with Gasteiger partial charge in [-0.2, -0.15) is 0 Å². The van der Waals surface area contributed by atoms with Crippen LogP contribution in [0.1, 0.15) is 147 Å². The van der Waals surface area contributed by atoms with E-state index in [-0.39, 0.29) is 32.3 Å². The minimum absolute atomic E-state index is 0.116. The molecule has 4 rings (SSSR count). The minimum Gasteiger partial charge on any atom is -0.480 e. The van der Waals surface area contributed by atoms with Gasteiger partial charge in [0.1, 0.15) is 6.10 Å². The molecule has 4 aromatic rings. The Balaban J connectivity index is 1.04. The second kappa shape index (κ2) is 34.0. The number of hydrogen-bond donors (Lipinski definition) is 2. The maximum absolute atomic E-state index is 11.0. The van der Waals surface area contributed by atoms with Gasteiger partial charge in [-0.3, -0.25) is 14.5 Å². The third-order valence-corrected chi connectivity index (χ3v) is 12.3. The molecule has 0 aromatic heterocycles. The van der Waals surface area contributed by atoms with Crippen LogP contribution in [0.5, 0.6) is 0 Å². The molecule has 64 heavy (non-hydrogen) atoms. The Bertz CT molecular complexity index is 1770. The molecule has 358 valence electrons. The lowest BCUT2D eigenvalue weighted by Gasteiger charge is -2.19. The number of hydrogen-bond acceptors (Lipinski definition) is 8. The van der Waals surface area contributed by atoms with Gasteiger partial charge in [0.05, 0.1) is 59.3 Å². The molecule has 0 aliphatic heterocycles. The van der Waals surface area contributed by atoms with E-state index < -0.39 is 11.9 Å². The van der Waals surface area contributed by atoms with Crippen molar-refractivity contribution in [3.63, 3.8) is 0 Å². The van der Waals surface area contributed by atoms with Crippen molar-refractivity contribution in [2.45, 2.75) is 154 Å². The lowest BCUT2D eigenvalue weighted by molar-refractivity contribution is -0.142. The van der Waals surface area contributed by atoms with Gasteiger partial charge < -0.3 is 33.9 Å². The summed E-state index contributed by atoms with van der Waals surface area (Å²) in [5.41, 5.74) is 1.47. The van der Waals surface area contributed by atoms with Gasteiger partial charge in [-0.1, -0.05) is 177 Å². The molecule has 0 fully saturated rings. The van der Waals surface area contributed by atoms with Gasteiger partial charge >= 0.3 is 11.9 Å². The number of carboxylic acid groups (broad SMARTS) is 2. The van der Waals surface area contributed by atoms with Crippen LogP contribution in [-0.2, 0) is 39.7 Å². The number of carboxylic acids is 2. The standard InChI is InChI=1S/C54H83NO9/c1-2-3-4-5-6-7-8-9-10-11-12-15-18-21-34-62-43-49(44-63-40-39-61-38-37-60-36-33-55(41-51(56)57)42-52(58)59)64-35-22-19-16-13-14-17-20-24-45-27-28-48-30-29-46-25-23-26-47-31-32-50(45)54(48)53(46)47/h23,25-32,49H,2-22,24,33-44H2,1H3,(H,56,57)(H,58,59)/t49-/m1/s1. The molecular weight excluding hydrogens is 807 g/mol. The summed E-state index contributed by atoms with van der Waals surface area (Å²) in [6, 6.07) is 20.4. The first-order valence-corrected chi connectivity index (χ1v) is 25.2. The Kier molecular flexibility index (Phi) is 28.3. The number of carbonyl (C=O) groups is 2. The van der Waals surface area contributed by atoms with Crippen molar-refractivity contribution in [1.29, 1.82) is 0 Å². The Labute approximate surface area is 385 Å². The summed E-state index contributed by atoms with van der Waals surface area (Å²) in [5.74, 6) is -2.14. The number of benzene rings is 4. The SMILES string of the molecule is CCCCCCCCCCCCCCCCOC[C@H](COCCOCCOCCN(CC(=O)O)CC(=O)O)OCCCCCCCCCc1ccc2ccc3cccc4ccc1c2c34. The molecule has 0 unspecified atom stereocenters. The molecule has 0 aliphatic carbocycles. The minimum atomic E-state index is -1.07. The summed E-state index contributed by atoms with van der Waals surface area (Å²) in [4.78, 5) is 23.2. The fraction of sp³-hybridized carbons (Fsp3) is 0.667. The van der Waals surface area contributed by atoms with Crippen molar-refractivity contribution in [1.82, 2.24) is 4.90 Å². The monoisotopic (exact) mass is 890 g/mol.